The van der Waals surface area contributed by atoms with Crippen LogP contribution in [0.5, 0.6) is 0 Å². The Balaban J connectivity index is 0.00000264. The third-order valence-corrected chi connectivity index (χ3v) is 4.17. The summed E-state index contributed by atoms with van der Waals surface area (Å²) in [5.41, 5.74) is 1.39. The summed E-state index contributed by atoms with van der Waals surface area (Å²) in [6.07, 6.45) is 1.16. The van der Waals surface area contributed by atoms with Gasteiger partial charge in [-0.3, -0.25) is 9.89 Å². The van der Waals surface area contributed by atoms with Crippen LogP contribution in [0.25, 0.3) is 0 Å². The van der Waals surface area contributed by atoms with E-state index in [9.17, 15) is 0 Å². The second kappa shape index (κ2) is 10.1. The molecule has 2 N–H and O–H groups in total. The molecule has 0 radical (unpaired) electrons. The van der Waals surface area contributed by atoms with E-state index >= 15 is 0 Å². The highest BCUT2D eigenvalue weighted by Gasteiger charge is 2.29. The minimum atomic E-state index is 0. The van der Waals surface area contributed by atoms with Crippen molar-refractivity contribution in [1.82, 2.24) is 15.5 Å². The number of rotatable bonds is 5. The summed E-state index contributed by atoms with van der Waals surface area (Å²) in [5, 5.41) is 6.96. The summed E-state index contributed by atoms with van der Waals surface area (Å²) in [7, 11) is 1.84. The number of benzene rings is 1. The van der Waals surface area contributed by atoms with Gasteiger partial charge in [0, 0.05) is 38.8 Å². The van der Waals surface area contributed by atoms with Crippen molar-refractivity contribution in [2.24, 2.45) is 10.9 Å². The van der Waals surface area contributed by atoms with Gasteiger partial charge in [-0.2, -0.15) is 0 Å². The van der Waals surface area contributed by atoms with Crippen molar-refractivity contribution < 1.29 is 0 Å². The summed E-state index contributed by atoms with van der Waals surface area (Å²) in [5.74, 6) is 1.54. The van der Waals surface area contributed by atoms with Gasteiger partial charge in [0.1, 0.15) is 0 Å². The van der Waals surface area contributed by atoms with E-state index in [1.807, 2.05) is 7.05 Å². The van der Waals surface area contributed by atoms with E-state index in [-0.39, 0.29) is 24.0 Å². The van der Waals surface area contributed by atoms with Crippen LogP contribution in [0.15, 0.2) is 35.3 Å². The number of hydrogen-bond acceptors (Lipinski definition) is 2. The van der Waals surface area contributed by atoms with E-state index < -0.39 is 0 Å². The third kappa shape index (κ3) is 6.67. The smallest absolute Gasteiger partial charge is 0.191 e. The van der Waals surface area contributed by atoms with E-state index in [4.69, 9.17) is 0 Å². The average molecular weight is 430 g/mol. The van der Waals surface area contributed by atoms with Crippen molar-refractivity contribution in [3.05, 3.63) is 35.9 Å². The molecule has 4 nitrogen and oxygen atoms in total. The van der Waals surface area contributed by atoms with E-state index in [1.165, 1.54) is 5.56 Å². The molecule has 0 bridgehead atoms. The van der Waals surface area contributed by atoms with Crippen molar-refractivity contribution in [1.29, 1.82) is 0 Å². The first-order valence-electron chi connectivity index (χ1n) is 8.33. The first-order valence-corrected chi connectivity index (χ1v) is 8.33. The number of hydrogen-bond donors (Lipinski definition) is 2. The largest absolute Gasteiger partial charge is 0.356 e. The van der Waals surface area contributed by atoms with Gasteiger partial charge in [-0.25, -0.2) is 0 Å². The summed E-state index contributed by atoms with van der Waals surface area (Å²) in [6.45, 7) is 9.78. The Morgan fingerprint density at radius 2 is 2.00 bits per heavy atom. The molecule has 1 aromatic carbocycles. The van der Waals surface area contributed by atoms with Crippen LogP contribution in [0.2, 0.25) is 0 Å². The average Bonchev–Trinajstić information content (AvgIpc) is 2.84. The zero-order valence-electron chi connectivity index (χ0n) is 14.7. The van der Waals surface area contributed by atoms with Gasteiger partial charge in [0.15, 0.2) is 5.96 Å². The van der Waals surface area contributed by atoms with Gasteiger partial charge in [-0.1, -0.05) is 44.2 Å². The lowest BCUT2D eigenvalue weighted by molar-refractivity contribution is 0.258. The first-order chi connectivity index (χ1) is 10.6. The number of guanidine groups is 1. The molecule has 1 fully saturated rings. The monoisotopic (exact) mass is 430 g/mol. The molecule has 0 spiro atoms. The molecule has 1 aliphatic rings. The molecule has 1 aliphatic heterocycles. The molecule has 5 heteroatoms. The molecule has 0 saturated carbocycles. The molecule has 1 saturated heterocycles. The highest BCUT2D eigenvalue weighted by Crippen LogP contribution is 2.20. The number of halogens is 1. The fourth-order valence-electron chi connectivity index (χ4n) is 2.93. The van der Waals surface area contributed by atoms with Gasteiger partial charge in [-0.15, -0.1) is 24.0 Å². The molecular formula is C18H31IN4. The van der Waals surface area contributed by atoms with Crippen molar-refractivity contribution >= 4 is 29.9 Å². The fraction of sp³-hybridized carbons (Fsp3) is 0.611. The molecule has 2 atom stereocenters. The minimum absolute atomic E-state index is 0. The zero-order valence-corrected chi connectivity index (χ0v) is 17.1. The summed E-state index contributed by atoms with van der Waals surface area (Å²) < 4.78 is 0. The highest BCUT2D eigenvalue weighted by molar-refractivity contribution is 14.0. The predicted molar refractivity (Wildman–Crippen MR) is 109 cm³/mol. The second-order valence-corrected chi connectivity index (χ2v) is 6.69. The Morgan fingerprint density at radius 3 is 2.61 bits per heavy atom. The Kier molecular flexibility index (Phi) is 8.91. The molecule has 2 rings (SSSR count). The third-order valence-electron chi connectivity index (χ3n) is 4.17. The summed E-state index contributed by atoms with van der Waals surface area (Å²) in [4.78, 5) is 6.88. The van der Waals surface area contributed by atoms with Crippen LogP contribution >= 0.6 is 24.0 Å². The van der Waals surface area contributed by atoms with E-state index in [1.54, 1.807) is 0 Å². The van der Waals surface area contributed by atoms with Crippen molar-refractivity contribution in [3.8, 4) is 0 Å². The first kappa shape index (κ1) is 20.2. The lowest BCUT2D eigenvalue weighted by Crippen LogP contribution is -2.45. The van der Waals surface area contributed by atoms with Gasteiger partial charge in [0.25, 0.3) is 0 Å². The second-order valence-electron chi connectivity index (χ2n) is 6.69. The molecule has 0 amide bonds. The van der Waals surface area contributed by atoms with Gasteiger partial charge in [-0.05, 0) is 24.8 Å². The number of nitrogens with one attached hydrogen (secondary N) is 2. The number of likely N-dealkylation sites (tertiary alicyclic amines) is 1. The zero-order chi connectivity index (χ0) is 15.9. The van der Waals surface area contributed by atoms with E-state index in [0.29, 0.717) is 18.0 Å². The maximum Gasteiger partial charge on any atom is 0.191 e. The van der Waals surface area contributed by atoms with Gasteiger partial charge in [0.2, 0.25) is 0 Å². The number of aliphatic imine (C=N–C) groups is 1. The highest BCUT2D eigenvalue weighted by atomic mass is 127. The van der Waals surface area contributed by atoms with Crippen LogP contribution in [0.1, 0.15) is 32.8 Å². The molecule has 1 aromatic rings. The summed E-state index contributed by atoms with van der Waals surface area (Å²) in [6, 6.07) is 11.8. The Bertz CT molecular complexity index is 475. The van der Waals surface area contributed by atoms with E-state index in [0.717, 1.165) is 32.0 Å². The Labute approximate surface area is 158 Å². The number of nitrogens with zero attached hydrogens (tertiary/aromatic N) is 2. The Morgan fingerprint density at radius 1 is 1.30 bits per heavy atom. The normalized spacial score (nSPS) is 22.0. The maximum absolute atomic E-state index is 4.33. The van der Waals surface area contributed by atoms with Crippen molar-refractivity contribution in [3.63, 3.8) is 0 Å². The quantitative estimate of drug-likeness (QED) is 0.429. The standard InChI is InChI=1S/C18H30N4.HI/c1-14(2)11-20-18(19-4)21-17-10-15(3)22(13-17)12-16-8-6-5-7-9-16;/h5-9,14-15,17H,10-13H2,1-4H3,(H2,19,20,21);1H. The van der Waals surface area contributed by atoms with Crippen LogP contribution in [0, 0.1) is 5.92 Å². The topological polar surface area (TPSA) is 39.7 Å². The molecular weight excluding hydrogens is 399 g/mol. The van der Waals surface area contributed by atoms with Crippen molar-refractivity contribution in [2.75, 3.05) is 20.1 Å². The van der Waals surface area contributed by atoms with Crippen LogP contribution in [-0.4, -0.2) is 43.1 Å². The van der Waals surface area contributed by atoms with Crippen LogP contribution < -0.4 is 10.6 Å². The van der Waals surface area contributed by atoms with Crippen LogP contribution in [0.3, 0.4) is 0 Å². The molecule has 2 unspecified atom stereocenters. The Hall–Kier alpha value is -0.820. The molecule has 130 valence electrons. The van der Waals surface area contributed by atoms with Crippen LogP contribution in [-0.2, 0) is 6.54 Å². The fourth-order valence-corrected chi connectivity index (χ4v) is 2.93. The minimum Gasteiger partial charge on any atom is -0.356 e. The lowest BCUT2D eigenvalue weighted by atomic mass is 10.2. The SMILES string of the molecule is CN=C(NCC(C)C)NC1CC(C)N(Cc2ccccc2)C1.I. The molecule has 1 heterocycles. The van der Waals surface area contributed by atoms with Gasteiger partial charge >= 0.3 is 0 Å². The van der Waals surface area contributed by atoms with E-state index in [2.05, 4.69) is 71.6 Å². The predicted octanol–water partition coefficient (Wildman–Crippen LogP) is 3.09. The molecule has 23 heavy (non-hydrogen) atoms. The lowest BCUT2D eigenvalue weighted by Gasteiger charge is -2.21. The maximum atomic E-state index is 4.33. The molecule has 0 aliphatic carbocycles. The summed E-state index contributed by atoms with van der Waals surface area (Å²) >= 11 is 0. The van der Waals surface area contributed by atoms with Crippen LogP contribution in [0.4, 0.5) is 0 Å². The van der Waals surface area contributed by atoms with Gasteiger partial charge in [0.05, 0.1) is 0 Å². The molecule has 0 aromatic heterocycles. The van der Waals surface area contributed by atoms with Gasteiger partial charge < -0.3 is 10.6 Å². The van der Waals surface area contributed by atoms with Crippen molar-refractivity contribution in [2.45, 2.75) is 45.8 Å².